The molecule has 1 aliphatic rings. The predicted octanol–water partition coefficient (Wildman–Crippen LogP) is 3.01. The number of aromatic nitrogens is 1. The number of carbonyl (C=O) groups excluding carboxylic acids is 2. The predicted molar refractivity (Wildman–Crippen MR) is 105 cm³/mol. The van der Waals surface area contributed by atoms with Gasteiger partial charge in [-0.1, -0.05) is 6.07 Å². The smallest absolute Gasteiger partial charge is 0.337 e. The van der Waals surface area contributed by atoms with E-state index in [4.69, 9.17) is 9.47 Å². The topological polar surface area (TPSA) is 89.5 Å². The first-order valence-corrected chi connectivity index (χ1v) is 9.32. The molecule has 0 unspecified atom stereocenters. The normalized spacial score (nSPS) is 15.6. The number of methoxy groups -OCH3 is 1. The van der Waals surface area contributed by atoms with Crippen molar-refractivity contribution in [3.63, 3.8) is 0 Å². The van der Waals surface area contributed by atoms with Crippen LogP contribution in [0.4, 0.5) is 11.4 Å². The zero-order valence-corrected chi connectivity index (χ0v) is 16.4. The average Bonchev–Trinajstić information content (AvgIpc) is 2.63. The highest BCUT2D eigenvalue weighted by Gasteiger charge is 2.19. The number of esters is 1. The summed E-state index contributed by atoms with van der Waals surface area (Å²) in [5, 5.41) is 6.13. The van der Waals surface area contributed by atoms with Crippen molar-refractivity contribution in [1.82, 2.24) is 4.98 Å². The minimum Gasteiger partial charge on any atom is -0.465 e. The van der Waals surface area contributed by atoms with Crippen molar-refractivity contribution in [3.8, 4) is 0 Å². The molecule has 1 aromatic heterocycles. The molecule has 142 valence electrons. The molecular formula is C19H20BrN3O4. The molecule has 0 bridgehead atoms. The summed E-state index contributed by atoms with van der Waals surface area (Å²) in [4.78, 5) is 28.3. The fraction of sp³-hybridized carbons (Fsp3) is 0.316. The van der Waals surface area contributed by atoms with Gasteiger partial charge in [0.15, 0.2) is 0 Å². The highest BCUT2D eigenvalue weighted by Crippen LogP contribution is 2.25. The van der Waals surface area contributed by atoms with Crippen molar-refractivity contribution >= 4 is 39.2 Å². The summed E-state index contributed by atoms with van der Waals surface area (Å²) in [6, 6.07) is 8.60. The van der Waals surface area contributed by atoms with Gasteiger partial charge in [0.1, 0.15) is 4.60 Å². The second-order valence-corrected chi connectivity index (χ2v) is 6.94. The van der Waals surface area contributed by atoms with Crippen molar-refractivity contribution in [2.75, 3.05) is 30.9 Å². The third kappa shape index (κ3) is 5.27. The monoisotopic (exact) mass is 433 g/mol. The molecule has 3 rings (SSSR count). The summed E-state index contributed by atoms with van der Waals surface area (Å²) < 4.78 is 10.9. The summed E-state index contributed by atoms with van der Waals surface area (Å²) in [6.07, 6.45) is 2.98. The molecule has 1 amide bonds. The molecule has 27 heavy (non-hydrogen) atoms. The lowest BCUT2D eigenvalue weighted by Gasteiger charge is -2.27. The average molecular weight is 434 g/mol. The first-order chi connectivity index (χ1) is 13.0. The van der Waals surface area contributed by atoms with Gasteiger partial charge in [0.05, 0.1) is 36.6 Å². The van der Waals surface area contributed by atoms with Gasteiger partial charge in [-0.25, -0.2) is 9.78 Å². The molecule has 2 N–H and O–H groups in total. The van der Waals surface area contributed by atoms with Gasteiger partial charge in [-0.15, -0.1) is 0 Å². The summed E-state index contributed by atoms with van der Waals surface area (Å²) in [7, 11) is 1.33. The van der Waals surface area contributed by atoms with E-state index in [1.807, 2.05) is 6.07 Å². The van der Waals surface area contributed by atoms with Crippen LogP contribution in [0.25, 0.3) is 0 Å². The van der Waals surface area contributed by atoms with E-state index < -0.39 is 5.97 Å². The van der Waals surface area contributed by atoms with E-state index in [0.717, 1.165) is 23.2 Å². The molecule has 8 heteroatoms. The van der Waals surface area contributed by atoms with Crippen molar-refractivity contribution in [2.45, 2.75) is 18.9 Å². The summed E-state index contributed by atoms with van der Waals surface area (Å²) in [6.45, 7) is 1.36. The molecule has 0 saturated carbocycles. The Kier molecular flexibility index (Phi) is 6.41. The van der Waals surface area contributed by atoms with Gasteiger partial charge in [-0.05, 0) is 52.2 Å². The molecule has 0 spiro atoms. The van der Waals surface area contributed by atoms with E-state index in [9.17, 15) is 9.59 Å². The van der Waals surface area contributed by atoms with Gasteiger partial charge in [-0.3, -0.25) is 4.79 Å². The van der Waals surface area contributed by atoms with Crippen LogP contribution in [0, 0.1) is 0 Å². The molecule has 1 fully saturated rings. The Bertz CT molecular complexity index is 822. The maximum absolute atomic E-state index is 12.4. The van der Waals surface area contributed by atoms with Crippen LogP contribution in [0.3, 0.4) is 0 Å². The highest BCUT2D eigenvalue weighted by molar-refractivity contribution is 9.10. The fourth-order valence-electron chi connectivity index (χ4n) is 2.60. The van der Waals surface area contributed by atoms with Crippen molar-refractivity contribution < 1.29 is 19.1 Å². The second kappa shape index (κ2) is 8.96. The molecule has 7 nitrogen and oxygen atoms in total. The number of amides is 1. The molecule has 2 aromatic rings. The van der Waals surface area contributed by atoms with Gasteiger partial charge >= 0.3 is 5.97 Å². The van der Waals surface area contributed by atoms with E-state index in [-0.39, 0.29) is 18.4 Å². The van der Waals surface area contributed by atoms with E-state index in [1.165, 1.54) is 7.11 Å². The molecule has 0 radical (unpaired) electrons. The number of ether oxygens (including phenoxy) is 2. The molecule has 1 atom stereocenters. The second-order valence-electron chi connectivity index (χ2n) is 6.13. The molecular weight excluding hydrogens is 414 g/mol. The highest BCUT2D eigenvalue weighted by atomic mass is 79.9. The Balaban J connectivity index is 1.72. The van der Waals surface area contributed by atoms with E-state index >= 15 is 0 Å². The standard InChI is InChI=1S/C19H20BrN3O4/c1-26-19(25)13-3-4-15(16(9-13)21-11-14-6-7-27-14)23-18(24)8-12-2-5-17(20)22-10-12/h2-5,9-10,14,21H,6-8,11H2,1H3,(H,23,24)/t14-/m0/s1. The SMILES string of the molecule is COC(=O)c1ccc(NC(=O)Cc2ccc(Br)nc2)c(NC[C@@H]2CCO2)c1. The number of rotatable bonds is 7. The number of halogens is 1. The quantitative estimate of drug-likeness (QED) is 0.515. The molecule has 1 saturated heterocycles. The largest absolute Gasteiger partial charge is 0.465 e. The van der Waals surface area contributed by atoms with E-state index in [1.54, 1.807) is 30.5 Å². The molecule has 1 aliphatic heterocycles. The van der Waals surface area contributed by atoms with Gasteiger partial charge in [0.2, 0.25) is 5.91 Å². The minimum absolute atomic E-state index is 0.143. The van der Waals surface area contributed by atoms with Crippen LogP contribution in [-0.2, 0) is 20.7 Å². The van der Waals surface area contributed by atoms with Crippen LogP contribution in [0.5, 0.6) is 0 Å². The Labute approximate surface area is 165 Å². The third-order valence-corrected chi connectivity index (χ3v) is 4.65. The van der Waals surface area contributed by atoms with Gasteiger partial charge in [0.25, 0.3) is 0 Å². The van der Waals surface area contributed by atoms with Crippen molar-refractivity contribution in [3.05, 3.63) is 52.3 Å². The lowest BCUT2D eigenvalue weighted by Crippen LogP contribution is -2.33. The number of nitrogens with one attached hydrogen (secondary N) is 2. The minimum atomic E-state index is -0.434. The number of pyridine rings is 1. The number of nitrogens with zero attached hydrogens (tertiary/aromatic N) is 1. The van der Waals surface area contributed by atoms with Crippen molar-refractivity contribution in [1.29, 1.82) is 0 Å². The molecule has 2 heterocycles. The van der Waals surface area contributed by atoms with Crippen LogP contribution in [0.1, 0.15) is 22.3 Å². The van der Waals surface area contributed by atoms with Crippen LogP contribution < -0.4 is 10.6 Å². The third-order valence-electron chi connectivity index (χ3n) is 4.18. The lowest BCUT2D eigenvalue weighted by atomic mass is 10.1. The van der Waals surface area contributed by atoms with E-state index in [2.05, 4.69) is 31.5 Å². The lowest BCUT2D eigenvalue weighted by molar-refractivity contribution is -0.115. The molecule has 0 aliphatic carbocycles. The number of anilines is 2. The maximum Gasteiger partial charge on any atom is 0.337 e. The van der Waals surface area contributed by atoms with Crippen LogP contribution in [-0.4, -0.2) is 43.2 Å². The number of carbonyl (C=O) groups is 2. The van der Waals surface area contributed by atoms with Gasteiger partial charge in [-0.2, -0.15) is 0 Å². The first kappa shape index (κ1) is 19.3. The fourth-order valence-corrected chi connectivity index (χ4v) is 2.84. The Morgan fingerprint density at radius 2 is 2.11 bits per heavy atom. The Morgan fingerprint density at radius 3 is 2.74 bits per heavy atom. The van der Waals surface area contributed by atoms with Crippen LogP contribution in [0.2, 0.25) is 0 Å². The number of hydrogen-bond acceptors (Lipinski definition) is 6. The maximum atomic E-state index is 12.4. The number of benzene rings is 1. The molecule has 1 aromatic carbocycles. The van der Waals surface area contributed by atoms with E-state index in [0.29, 0.717) is 23.5 Å². The van der Waals surface area contributed by atoms with Crippen LogP contribution in [0.15, 0.2) is 41.1 Å². The Morgan fingerprint density at radius 1 is 1.30 bits per heavy atom. The van der Waals surface area contributed by atoms with Crippen molar-refractivity contribution in [2.24, 2.45) is 0 Å². The zero-order chi connectivity index (χ0) is 19.2. The summed E-state index contributed by atoms with van der Waals surface area (Å²) >= 11 is 3.27. The van der Waals surface area contributed by atoms with Gasteiger partial charge < -0.3 is 20.1 Å². The zero-order valence-electron chi connectivity index (χ0n) is 14.8. The Hall–Kier alpha value is -2.45. The van der Waals surface area contributed by atoms with Crippen LogP contribution >= 0.6 is 15.9 Å². The number of hydrogen-bond donors (Lipinski definition) is 2. The van der Waals surface area contributed by atoms with Gasteiger partial charge in [0, 0.05) is 19.3 Å². The summed E-state index contributed by atoms with van der Waals surface area (Å²) in [5.74, 6) is -0.607. The summed E-state index contributed by atoms with van der Waals surface area (Å²) in [5.41, 5.74) is 2.46. The first-order valence-electron chi connectivity index (χ1n) is 8.53.